The Morgan fingerprint density at radius 2 is 1.79 bits per heavy atom. The van der Waals surface area contributed by atoms with Crippen molar-refractivity contribution in [1.29, 1.82) is 0 Å². The summed E-state index contributed by atoms with van der Waals surface area (Å²) in [5, 5.41) is 6.26. The Labute approximate surface area is 80.3 Å². The maximum atomic E-state index is 11.1. The summed E-state index contributed by atoms with van der Waals surface area (Å²) in [6.45, 7) is 1.47. The van der Waals surface area contributed by atoms with Gasteiger partial charge in [0.2, 0.25) is 0 Å². The van der Waals surface area contributed by atoms with E-state index < -0.39 is 26.7 Å². The van der Waals surface area contributed by atoms with Crippen LogP contribution in [0.2, 0.25) is 0 Å². The molecule has 86 valence electrons. The summed E-state index contributed by atoms with van der Waals surface area (Å²) < 4.78 is 25.5. The van der Waals surface area contributed by atoms with Crippen LogP contribution in [0, 0.1) is 0 Å². The normalized spacial score (nSPS) is 21.3. The fraction of sp³-hybridized carbons (Fsp3) is 1.00. The van der Waals surface area contributed by atoms with Crippen LogP contribution in [0.5, 0.6) is 0 Å². The summed E-state index contributed by atoms with van der Waals surface area (Å²) in [5.74, 6) is 4.40. The number of nitrogens with two attached hydrogens (primary N) is 1. The first-order valence-corrected chi connectivity index (χ1v) is 6.80. The van der Waals surface area contributed by atoms with E-state index in [4.69, 9.17) is 14.7 Å². The summed E-state index contributed by atoms with van der Waals surface area (Å²) in [7, 11) is -10.2. The lowest BCUT2D eigenvalue weighted by Crippen LogP contribution is -2.30. The molecule has 0 saturated heterocycles. The molecule has 0 saturated carbocycles. The number of hydrogen-bond acceptors (Lipinski definition) is 5. The summed E-state index contributed by atoms with van der Waals surface area (Å²) >= 11 is 0. The third-order valence-electron chi connectivity index (χ3n) is 1.65. The molecule has 2 unspecified atom stereocenters. The smallest absolute Gasteiger partial charge is 0.367 e. The van der Waals surface area contributed by atoms with Crippen LogP contribution in [-0.2, 0) is 13.8 Å². The molecular weight excluding hydrogens is 236 g/mol. The molecule has 0 aromatic rings. The van der Waals surface area contributed by atoms with Crippen molar-refractivity contribution >= 4 is 15.2 Å². The van der Waals surface area contributed by atoms with Gasteiger partial charge < -0.3 is 19.8 Å². The van der Waals surface area contributed by atoms with Crippen LogP contribution in [0.3, 0.4) is 0 Å². The first kappa shape index (κ1) is 14.2. The molecule has 0 fully saturated rings. The minimum atomic E-state index is -5.20. The quantitative estimate of drug-likeness (QED) is 0.328. The lowest BCUT2D eigenvalue weighted by Gasteiger charge is -2.30. The molecule has 0 aliphatic rings. The summed E-state index contributed by atoms with van der Waals surface area (Å²) in [5.41, 5.74) is 0. The molecule has 8 nitrogen and oxygen atoms in total. The van der Waals surface area contributed by atoms with Gasteiger partial charge in [-0.15, -0.1) is 0 Å². The predicted octanol–water partition coefficient (Wildman–Crippen LogP) is -0.314. The first-order chi connectivity index (χ1) is 6.12. The predicted molar refractivity (Wildman–Crippen MR) is 47.0 cm³/mol. The maximum absolute atomic E-state index is 11.1. The topological polar surface area (TPSA) is 150 Å². The van der Waals surface area contributed by atoms with Gasteiger partial charge in [0.05, 0.1) is 0 Å². The second kappa shape index (κ2) is 4.38. The Kier molecular flexibility index (Phi) is 4.45. The third-order valence-corrected chi connectivity index (χ3v) is 5.76. The SMILES string of the molecule is CCCC(O)(P(=O)(O)O)P(=O)(O)ON. The molecule has 0 spiro atoms. The van der Waals surface area contributed by atoms with Gasteiger partial charge in [0.15, 0.2) is 0 Å². The molecule has 0 aromatic heterocycles. The minimum Gasteiger partial charge on any atom is -0.367 e. The largest absolute Gasteiger partial charge is 0.388 e. The van der Waals surface area contributed by atoms with Crippen molar-refractivity contribution in [3.05, 3.63) is 0 Å². The highest BCUT2D eigenvalue weighted by molar-refractivity contribution is 7.72. The molecule has 0 aromatic carbocycles. The summed E-state index contributed by atoms with van der Waals surface area (Å²) in [6, 6.07) is 0. The number of rotatable bonds is 5. The molecule has 14 heavy (non-hydrogen) atoms. The number of aliphatic hydroxyl groups is 1. The summed E-state index contributed by atoms with van der Waals surface area (Å²) in [6.07, 6.45) is -0.516. The van der Waals surface area contributed by atoms with Gasteiger partial charge in [-0.3, -0.25) is 9.13 Å². The van der Waals surface area contributed by atoms with E-state index in [1.54, 1.807) is 0 Å². The van der Waals surface area contributed by atoms with E-state index >= 15 is 0 Å². The molecular formula is C4H13NO7P2. The molecule has 0 heterocycles. The Hall–Kier alpha value is 0.220. The van der Waals surface area contributed by atoms with E-state index in [1.807, 2.05) is 0 Å². The van der Waals surface area contributed by atoms with Gasteiger partial charge in [-0.05, 0) is 6.42 Å². The Balaban J connectivity index is 5.33. The Morgan fingerprint density at radius 1 is 1.36 bits per heavy atom. The van der Waals surface area contributed by atoms with Crippen LogP contribution in [0.1, 0.15) is 19.8 Å². The monoisotopic (exact) mass is 249 g/mol. The zero-order valence-electron chi connectivity index (χ0n) is 7.40. The zero-order chi connectivity index (χ0) is 11.6. The van der Waals surface area contributed by atoms with Gasteiger partial charge in [-0.25, -0.2) is 10.5 Å². The molecule has 0 rings (SSSR count). The van der Waals surface area contributed by atoms with Gasteiger partial charge in [0, 0.05) is 0 Å². The zero-order valence-corrected chi connectivity index (χ0v) is 9.19. The molecule has 0 radical (unpaired) electrons. The average molecular weight is 249 g/mol. The molecule has 10 heteroatoms. The van der Waals surface area contributed by atoms with E-state index in [1.165, 1.54) is 6.92 Å². The maximum Gasteiger partial charge on any atom is 0.388 e. The van der Waals surface area contributed by atoms with Crippen LogP contribution in [-0.4, -0.2) is 24.9 Å². The van der Waals surface area contributed by atoms with E-state index in [-0.39, 0.29) is 6.42 Å². The highest BCUT2D eigenvalue weighted by atomic mass is 31.2. The lowest BCUT2D eigenvalue weighted by molar-refractivity contribution is 0.108. The fourth-order valence-corrected chi connectivity index (χ4v) is 3.52. The van der Waals surface area contributed by atoms with Crippen molar-refractivity contribution in [3.8, 4) is 0 Å². The second-order valence-electron chi connectivity index (χ2n) is 2.69. The van der Waals surface area contributed by atoms with Crippen molar-refractivity contribution in [2.75, 3.05) is 0 Å². The average Bonchev–Trinajstić information content (AvgIpc) is 2.02. The Morgan fingerprint density at radius 3 is 2.00 bits per heavy atom. The molecule has 0 aliphatic carbocycles. The van der Waals surface area contributed by atoms with E-state index in [2.05, 4.69) is 10.5 Å². The van der Waals surface area contributed by atoms with Crippen LogP contribution >= 0.6 is 15.2 Å². The number of hydrogen-bond donors (Lipinski definition) is 5. The van der Waals surface area contributed by atoms with Gasteiger partial charge >= 0.3 is 15.2 Å². The highest BCUT2D eigenvalue weighted by Crippen LogP contribution is 2.70. The van der Waals surface area contributed by atoms with Crippen molar-refractivity contribution in [1.82, 2.24) is 0 Å². The van der Waals surface area contributed by atoms with Crippen LogP contribution < -0.4 is 5.90 Å². The second-order valence-corrected chi connectivity index (χ2v) is 6.87. The molecule has 6 N–H and O–H groups in total. The Bertz CT molecular complexity index is 287. The van der Waals surface area contributed by atoms with Gasteiger partial charge in [-0.1, -0.05) is 13.3 Å². The van der Waals surface area contributed by atoms with Gasteiger partial charge in [0.25, 0.3) is 5.08 Å². The van der Waals surface area contributed by atoms with Crippen molar-refractivity contribution in [3.63, 3.8) is 0 Å². The first-order valence-electron chi connectivity index (χ1n) is 3.61. The van der Waals surface area contributed by atoms with E-state index in [9.17, 15) is 14.2 Å². The minimum absolute atomic E-state index is 0.0789. The lowest BCUT2D eigenvalue weighted by atomic mass is 10.3. The fourth-order valence-electron chi connectivity index (χ4n) is 0.871. The van der Waals surface area contributed by atoms with E-state index in [0.717, 1.165) is 0 Å². The molecule has 0 aliphatic heterocycles. The van der Waals surface area contributed by atoms with Crippen LogP contribution in [0.25, 0.3) is 0 Å². The van der Waals surface area contributed by atoms with Gasteiger partial charge in [0.1, 0.15) is 0 Å². The van der Waals surface area contributed by atoms with Crippen molar-refractivity contribution in [2.24, 2.45) is 5.90 Å². The van der Waals surface area contributed by atoms with Crippen LogP contribution in [0.15, 0.2) is 0 Å². The standard InChI is InChI=1S/C4H13NO7P2/c1-2-3-4(6,13(7,8)9)14(10,11)12-5/h6H,2-3,5H2,1H3,(H,10,11)(H2,7,8,9). The van der Waals surface area contributed by atoms with E-state index in [0.29, 0.717) is 0 Å². The molecule has 2 atom stereocenters. The highest BCUT2D eigenvalue weighted by Gasteiger charge is 2.60. The molecule has 0 bridgehead atoms. The molecule has 0 amide bonds. The third kappa shape index (κ3) is 2.42. The van der Waals surface area contributed by atoms with Crippen molar-refractivity contribution < 1.29 is 33.5 Å². The van der Waals surface area contributed by atoms with Crippen molar-refractivity contribution in [2.45, 2.75) is 24.8 Å². The van der Waals surface area contributed by atoms with Crippen LogP contribution in [0.4, 0.5) is 0 Å². The van der Waals surface area contributed by atoms with Gasteiger partial charge in [-0.2, -0.15) is 0 Å². The summed E-state index contributed by atoms with van der Waals surface area (Å²) in [4.78, 5) is 26.4.